The van der Waals surface area contributed by atoms with Gasteiger partial charge in [-0.1, -0.05) is 30.7 Å². The number of piperidine rings is 1. The molecule has 2 unspecified atom stereocenters. The maximum absolute atomic E-state index is 6.09. The SMILES string of the molecule is CC1CCCN(C(C)(CN)Cc2ccc(Cl)cc2)C1. The molecule has 1 aliphatic rings. The fraction of sp³-hybridized carbons (Fsp3) is 0.625. The van der Waals surface area contributed by atoms with Crippen molar-refractivity contribution in [3.05, 3.63) is 34.9 Å². The van der Waals surface area contributed by atoms with Crippen molar-refractivity contribution < 1.29 is 0 Å². The average Bonchev–Trinajstić information content (AvgIpc) is 2.41. The summed E-state index contributed by atoms with van der Waals surface area (Å²) in [4.78, 5) is 2.58. The third-order valence-electron chi connectivity index (χ3n) is 4.36. The lowest BCUT2D eigenvalue weighted by atomic mass is 9.87. The fourth-order valence-electron chi connectivity index (χ4n) is 3.03. The number of rotatable bonds is 4. The Labute approximate surface area is 121 Å². The van der Waals surface area contributed by atoms with Gasteiger partial charge < -0.3 is 5.73 Å². The first-order valence-electron chi connectivity index (χ1n) is 7.23. The molecule has 0 aromatic heterocycles. The minimum absolute atomic E-state index is 0.0580. The first-order chi connectivity index (χ1) is 9.03. The second kappa shape index (κ2) is 6.25. The largest absolute Gasteiger partial charge is 0.329 e. The van der Waals surface area contributed by atoms with E-state index in [1.165, 1.54) is 31.5 Å². The molecule has 0 radical (unpaired) electrons. The lowest BCUT2D eigenvalue weighted by Gasteiger charge is -2.45. The van der Waals surface area contributed by atoms with E-state index in [1.54, 1.807) is 0 Å². The Morgan fingerprint density at radius 1 is 1.37 bits per heavy atom. The molecule has 0 bridgehead atoms. The molecule has 0 aliphatic carbocycles. The molecule has 2 nitrogen and oxygen atoms in total. The van der Waals surface area contributed by atoms with Gasteiger partial charge in [0.1, 0.15) is 0 Å². The van der Waals surface area contributed by atoms with E-state index < -0.39 is 0 Å². The van der Waals surface area contributed by atoms with E-state index in [9.17, 15) is 0 Å². The van der Waals surface area contributed by atoms with Crippen LogP contribution in [0, 0.1) is 5.92 Å². The highest BCUT2D eigenvalue weighted by Crippen LogP contribution is 2.27. The summed E-state index contributed by atoms with van der Waals surface area (Å²) < 4.78 is 0. The van der Waals surface area contributed by atoms with Crippen LogP contribution in [-0.4, -0.2) is 30.1 Å². The van der Waals surface area contributed by atoms with Crippen LogP contribution in [0.3, 0.4) is 0 Å². The molecule has 1 aromatic rings. The number of nitrogens with zero attached hydrogens (tertiary/aromatic N) is 1. The van der Waals surface area contributed by atoms with Crippen LogP contribution in [0.15, 0.2) is 24.3 Å². The Balaban J connectivity index is 2.10. The van der Waals surface area contributed by atoms with Crippen LogP contribution in [0.2, 0.25) is 5.02 Å². The van der Waals surface area contributed by atoms with Gasteiger partial charge in [-0.3, -0.25) is 4.90 Å². The van der Waals surface area contributed by atoms with E-state index in [1.807, 2.05) is 12.1 Å². The van der Waals surface area contributed by atoms with Gasteiger partial charge in [-0.25, -0.2) is 0 Å². The van der Waals surface area contributed by atoms with Crippen molar-refractivity contribution in [1.82, 2.24) is 4.90 Å². The molecule has 1 aromatic carbocycles. The van der Waals surface area contributed by atoms with Gasteiger partial charge in [0.25, 0.3) is 0 Å². The van der Waals surface area contributed by atoms with Gasteiger partial charge in [0, 0.05) is 23.7 Å². The lowest BCUT2D eigenvalue weighted by Crippen LogP contribution is -2.56. The summed E-state index contributed by atoms with van der Waals surface area (Å²) in [6.07, 6.45) is 3.63. The molecule has 0 amide bonds. The van der Waals surface area contributed by atoms with Crippen LogP contribution in [0.4, 0.5) is 0 Å². The van der Waals surface area contributed by atoms with Gasteiger partial charge in [0.2, 0.25) is 0 Å². The van der Waals surface area contributed by atoms with Gasteiger partial charge >= 0.3 is 0 Å². The van der Waals surface area contributed by atoms with Crippen molar-refractivity contribution in [2.45, 2.75) is 38.6 Å². The quantitative estimate of drug-likeness (QED) is 0.917. The molecule has 3 heteroatoms. The predicted octanol–water partition coefficient (Wildman–Crippen LogP) is 3.33. The van der Waals surface area contributed by atoms with Gasteiger partial charge in [-0.05, 0) is 56.3 Å². The summed E-state index contributed by atoms with van der Waals surface area (Å²) in [7, 11) is 0. The highest BCUT2D eigenvalue weighted by Gasteiger charge is 2.33. The van der Waals surface area contributed by atoms with Crippen molar-refractivity contribution >= 4 is 11.6 Å². The number of likely N-dealkylation sites (tertiary alicyclic amines) is 1. The lowest BCUT2D eigenvalue weighted by molar-refractivity contribution is 0.0641. The zero-order valence-electron chi connectivity index (χ0n) is 12.0. The fourth-order valence-corrected chi connectivity index (χ4v) is 3.16. The van der Waals surface area contributed by atoms with Crippen molar-refractivity contribution in [2.75, 3.05) is 19.6 Å². The Morgan fingerprint density at radius 3 is 2.63 bits per heavy atom. The highest BCUT2D eigenvalue weighted by molar-refractivity contribution is 6.30. The number of nitrogens with two attached hydrogens (primary N) is 1. The number of hydrogen-bond donors (Lipinski definition) is 1. The first kappa shape index (κ1) is 14.8. The highest BCUT2D eigenvalue weighted by atomic mass is 35.5. The summed E-state index contributed by atoms with van der Waals surface area (Å²) >= 11 is 5.95. The van der Waals surface area contributed by atoms with Crippen LogP contribution < -0.4 is 5.73 Å². The molecule has 2 N–H and O–H groups in total. The second-order valence-electron chi connectivity index (χ2n) is 6.20. The first-order valence-corrected chi connectivity index (χ1v) is 7.61. The summed E-state index contributed by atoms with van der Waals surface area (Å²) in [6.45, 7) is 7.67. The Hall–Kier alpha value is -0.570. The number of hydrogen-bond acceptors (Lipinski definition) is 2. The van der Waals surface area contributed by atoms with E-state index in [4.69, 9.17) is 17.3 Å². The van der Waals surface area contributed by atoms with Gasteiger partial charge in [-0.15, -0.1) is 0 Å². The molecule has 106 valence electrons. The monoisotopic (exact) mass is 280 g/mol. The van der Waals surface area contributed by atoms with Crippen LogP contribution in [0.1, 0.15) is 32.3 Å². The number of benzene rings is 1. The zero-order valence-corrected chi connectivity index (χ0v) is 12.8. The predicted molar refractivity (Wildman–Crippen MR) is 82.6 cm³/mol. The molecule has 2 atom stereocenters. The molecule has 19 heavy (non-hydrogen) atoms. The average molecular weight is 281 g/mol. The summed E-state index contributed by atoms with van der Waals surface area (Å²) in [5.74, 6) is 0.782. The van der Waals surface area contributed by atoms with E-state index in [0.29, 0.717) is 6.54 Å². The molecule has 1 saturated heterocycles. The smallest absolute Gasteiger partial charge is 0.0406 e. The van der Waals surface area contributed by atoms with Crippen LogP contribution in [0.25, 0.3) is 0 Å². The molecule has 2 rings (SSSR count). The molecule has 0 saturated carbocycles. The minimum atomic E-state index is 0.0580. The van der Waals surface area contributed by atoms with Gasteiger partial charge in [0.05, 0.1) is 0 Å². The van der Waals surface area contributed by atoms with Crippen molar-refractivity contribution in [3.63, 3.8) is 0 Å². The maximum Gasteiger partial charge on any atom is 0.0406 e. The van der Waals surface area contributed by atoms with E-state index >= 15 is 0 Å². The van der Waals surface area contributed by atoms with Crippen molar-refractivity contribution in [1.29, 1.82) is 0 Å². The topological polar surface area (TPSA) is 29.3 Å². The zero-order chi connectivity index (χ0) is 13.9. The summed E-state index contributed by atoms with van der Waals surface area (Å²) in [6, 6.07) is 8.16. The third kappa shape index (κ3) is 3.71. The van der Waals surface area contributed by atoms with Crippen LogP contribution >= 0.6 is 11.6 Å². The Morgan fingerprint density at radius 2 is 2.05 bits per heavy atom. The summed E-state index contributed by atoms with van der Waals surface area (Å²) in [5, 5.41) is 0.796. The minimum Gasteiger partial charge on any atom is -0.329 e. The van der Waals surface area contributed by atoms with Crippen molar-refractivity contribution in [3.8, 4) is 0 Å². The molecule has 0 spiro atoms. The standard InChI is InChI=1S/C16H25ClN2/c1-13-4-3-9-19(11-13)16(2,12-18)10-14-5-7-15(17)8-6-14/h5-8,13H,3-4,9-12,18H2,1-2H3. The van der Waals surface area contributed by atoms with Gasteiger partial charge in [0.15, 0.2) is 0 Å². The van der Waals surface area contributed by atoms with Crippen LogP contribution in [-0.2, 0) is 6.42 Å². The molecular weight excluding hydrogens is 256 g/mol. The third-order valence-corrected chi connectivity index (χ3v) is 4.61. The van der Waals surface area contributed by atoms with Crippen LogP contribution in [0.5, 0.6) is 0 Å². The Bertz CT molecular complexity index is 404. The molecule has 1 heterocycles. The van der Waals surface area contributed by atoms with E-state index in [-0.39, 0.29) is 5.54 Å². The molecule has 1 fully saturated rings. The molecular formula is C16H25ClN2. The molecule has 1 aliphatic heterocycles. The summed E-state index contributed by atoms with van der Waals surface area (Å²) in [5.41, 5.74) is 7.47. The maximum atomic E-state index is 6.09. The second-order valence-corrected chi connectivity index (χ2v) is 6.63. The Kier molecular flexibility index (Phi) is 4.88. The van der Waals surface area contributed by atoms with Crippen molar-refractivity contribution in [2.24, 2.45) is 11.7 Å². The van der Waals surface area contributed by atoms with Gasteiger partial charge in [-0.2, -0.15) is 0 Å². The van der Waals surface area contributed by atoms with E-state index in [0.717, 1.165) is 17.4 Å². The normalized spacial score (nSPS) is 24.1. The van der Waals surface area contributed by atoms with E-state index in [2.05, 4.69) is 30.9 Å². The number of halogens is 1.